The summed E-state index contributed by atoms with van der Waals surface area (Å²) >= 11 is 1.49. The summed E-state index contributed by atoms with van der Waals surface area (Å²) in [5.74, 6) is 0.126. The van der Waals surface area contributed by atoms with E-state index in [0.29, 0.717) is 24.6 Å². The second kappa shape index (κ2) is 8.59. The van der Waals surface area contributed by atoms with Crippen molar-refractivity contribution in [1.82, 2.24) is 5.32 Å². The normalized spacial score (nSPS) is 12.1. The zero-order valence-electron chi connectivity index (χ0n) is 9.28. The lowest BCUT2D eigenvalue weighted by Crippen LogP contribution is -2.27. The minimum absolute atomic E-state index is 0.0490. The third-order valence-corrected chi connectivity index (χ3v) is 2.64. The van der Waals surface area contributed by atoms with Crippen molar-refractivity contribution in [2.24, 2.45) is 5.92 Å². The third kappa shape index (κ3) is 9.59. The highest BCUT2D eigenvalue weighted by molar-refractivity contribution is 7.99. The molecule has 15 heavy (non-hydrogen) atoms. The van der Waals surface area contributed by atoms with Crippen LogP contribution in [0.3, 0.4) is 0 Å². The van der Waals surface area contributed by atoms with Crippen molar-refractivity contribution in [1.29, 1.82) is 0 Å². The van der Waals surface area contributed by atoms with E-state index in [-0.39, 0.29) is 12.3 Å². The first-order chi connectivity index (χ1) is 7.06. The minimum Gasteiger partial charge on any atom is -0.481 e. The Bertz CT molecular complexity index is 209. The first kappa shape index (κ1) is 14.3. The van der Waals surface area contributed by atoms with Gasteiger partial charge in [-0.05, 0) is 25.0 Å². The van der Waals surface area contributed by atoms with Crippen molar-refractivity contribution in [2.45, 2.75) is 26.2 Å². The Morgan fingerprint density at radius 3 is 2.60 bits per heavy atom. The maximum Gasteiger partial charge on any atom is 0.303 e. The van der Waals surface area contributed by atoms with Gasteiger partial charge in [-0.2, -0.15) is 11.8 Å². The fourth-order valence-corrected chi connectivity index (χ4v) is 1.52. The van der Waals surface area contributed by atoms with Crippen LogP contribution in [0.1, 0.15) is 26.2 Å². The smallest absolute Gasteiger partial charge is 0.303 e. The maximum absolute atomic E-state index is 11.1. The molecule has 0 aliphatic rings. The number of hydrogen-bond acceptors (Lipinski definition) is 3. The molecule has 2 N–H and O–H groups in total. The second-order valence-electron chi connectivity index (χ2n) is 3.61. The number of rotatable bonds is 8. The molecule has 0 heterocycles. The third-order valence-electron chi connectivity index (χ3n) is 2.09. The number of thioether (sulfide) groups is 1. The number of aliphatic carboxylic acids is 1. The lowest BCUT2D eigenvalue weighted by Gasteiger charge is -2.10. The van der Waals surface area contributed by atoms with Gasteiger partial charge in [-0.3, -0.25) is 9.59 Å². The topological polar surface area (TPSA) is 66.4 Å². The SMILES string of the molecule is CSCC(=O)NCCC(C)CCC(=O)O. The molecule has 0 saturated heterocycles. The van der Waals surface area contributed by atoms with Crippen molar-refractivity contribution < 1.29 is 14.7 Å². The zero-order valence-corrected chi connectivity index (χ0v) is 10.1. The van der Waals surface area contributed by atoms with E-state index in [0.717, 1.165) is 6.42 Å². The number of amides is 1. The number of carbonyl (C=O) groups excluding carboxylic acids is 1. The predicted molar refractivity (Wildman–Crippen MR) is 62.0 cm³/mol. The number of carbonyl (C=O) groups is 2. The Kier molecular flexibility index (Phi) is 8.18. The van der Waals surface area contributed by atoms with Gasteiger partial charge < -0.3 is 10.4 Å². The van der Waals surface area contributed by atoms with Gasteiger partial charge in [0.25, 0.3) is 0 Å². The summed E-state index contributed by atoms with van der Waals surface area (Å²) < 4.78 is 0. The van der Waals surface area contributed by atoms with Gasteiger partial charge >= 0.3 is 5.97 Å². The first-order valence-corrected chi connectivity index (χ1v) is 6.43. The van der Waals surface area contributed by atoms with Crippen molar-refractivity contribution in [3.8, 4) is 0 Å². The Morgan fingerprint density at radius 2 is 2.07 bits per heavy atom. The highest BCUT2D eigenvalue weighted by atomic mass is 32.2. The molecular weight excluding hydrogens is 214 g/mol. The lowest BCUT2D eigenvalue weighted by atomic mass is 10.0. The summed E-state index contributed by atoms with van der Waals surface area (Å²) in [5, 5.41) is 11.3. The summed E-state index contributed by atoms with van der Waals surface area (Å²) in [7, 11) is 0. The molecule has 5 heteroatoms. The average Bonchev–Trinajstić information content (AvgIpc) is 2.15. The summed E-state index contributed by atoms with van der Waals surface area (Å²) in [4.78, 5) is 21.4. The highest BCUT2D eigenvalue weighted by Gasteiger charge is 2.06. The van der Waals surface area contributed by atoms with Crippen LogP contribution in [-0.2, 0) is 9.59 Å². The van der Waals surface area contributed by atoms with Crippen LogP contribution >= 0.6 is 11.8 Å². The van der Waals surface area contributed by atoms with E-state index >= 15 is 0 Å². The van der Waals surface area contributed by atoms with Gasteiger partial charge in [-0.1, -0.05) is 6.92 Å². The van der Waals surface area contributed by atoms with Gasteiger partial charge in [0.2, 0.25) is 5.91 Å². The Morgan fingerprint density at radius 1 is 1.40 bits per heavy atom. The van der Waals surface area contributed by atoms with E-state index in [2.05, 4.69) is 5.32 Å². The molecule has 0 aromatic heterocycles. The van der Waals surface area contributed by atoms with E-state index < -0.39 is 5.97 Å². The second-order valence-corrected chi connectivity index (χ2v) is 4.48. The number of carboxylic acid groups (broad SMARTS) is 1. The van der Waals surface area contributed by atoms with E-state index in [4.69, 9.17) is 5.11 Å². The number of hydrogen-bond donors (Lipinski definition) is 2. The fourth-order valence-electron chi connectivity index (χ4n) is 1.15. The van der Waals surface area contributed by atoms with Crippen molar-refractivity contribution in [2.75, 3.05) is 18.6 Å². The van der Waals surface area contributed by atoms with Crippen LogP contribution in [0.25, 0.3) is 0 Å². The molecule has 1 amide bonds. The molecule has 0 aromatic rings. The molecule has 0 aromatic carbocycles. The number of nitrogens with one attached hydrogen (secondary N) is 1. The Balaban J connectivity index is 3.41. The molecule has 1 atom stereocenters. The van der Waals surface area contributed by atoms with Crippen LogP contribution in [-0.4, -0.2) is 35.5 Å². The summed E-state index contributed by atoms with van der Waals surface area (Å²) in [6.45, 7) is 2.64. The van der Waals surface area contributed by atoms with Crippen molar-refractivity contribution >= 4 is 23.6 Å². The van der Waals surface area contributed by atoms with E-state index in [1.165, 1.54) is 11.8 Å². The Labute approximate surface area is 94.8 Å². The van der Waals surface area contributed by atoms with E-state index in [1.807, 2.05) is 13.2 Å². The Hall–Kier alpha value is -0.710. The summed E-state index contributed by atoms with van der Waals surface area (Å²) in [5.41, 5.74) is 0. The van der Waals surface area contributed by atoms with Gasteiger partial charge in [0.15, 0.2) is 0 Å². The molecule has 0 aliphatic heterocycles. The van der Waals surface area contributed by atoms with Gasteiger partial charge in [0.05, 0.1) is 5.75 Å². The van der Waals surface area contributed by atoms with Gasteiger partial charge in [0.1, 0.15) is 0 Å². The molecular formula is C10H19NO3S. The largest absolute Gasteiger partial charge is 0.481 e. The maximum atomic E-state index is 11.1. The molecule has 0 fully saturated rings. The summed E-state index contributed by atoms with van der Waals surface area (Å²) in [6, 6.07) is 0. The monoisotopic (exact) mass is 233 g/mol. The molecule has 0 bridgehead atoms. The van der Waals surface area contributed by atoms with Gasteiger partial charge in [-0.15, -0.1) is 0 Å². The summed E-state index contributed by atoms with van der Waals surface area (Å²) in [6.07, 6.45) is 3.61. The van der Waals surface area contributed by atoms with E-state index in [1.54, 1.807) is 0 Å². The van der Waals surface area contributed by atoms with Crippen molar-refractivity contribution in [3.05, 3.63) is 0 Å². The zero-order chi connectivity index (χ0) is 11.7. The molecule has 0 saturated carbocycles. The van der Waals surface area contributed by atoms with Crippen LogP contribution in [0, 0.1) is 5.92 Å². The molecule has 88 valence electrons. The minimum atomic E-state index is -0.756. The molecule has 0 radical (unpaired) electrons. The van der Waals surface area contributed by atoms with Crippen LogP contribution in [0.4, 0.5) is 0 Å². The molecule has 0 spiro atoms. The predicted octanol–water partition coefficient (Wildman–Crippen LogP) is 1.36. The van der Waals surface area contributed by atoms with E-state index in [9.17, 15) is 9.59 Å². The number of carboxylic acids is 1. The van der Waals surface area contributed by atoms with Crippen LogP contribution in [0.15, 0.2) is 0 Å². The van der Waals surface area contributed by atoms with Crippen molar-refractivity contribution in [3.63, 3.8) is 0 Å². The molecule has 1 unspecified atom stereocenters. The molecule has 0 aliphatic carbocycles. The fraction of sp³-hybridized carbons (Fsp3) is 0.800. The van der Waals surface area contributed by atoms with Gasteiger partial charge in [-0.25, -0.2) is 0 Å². The van der Waals surface area contributed by atoms with Gasteiger partial charge in [0, 0.05) is 13.0 Å². The lowest BCUT2D eigenvalue weighted by molar-refractivity contribution is -0.137. The standard InChI is InChI=1S/C10H19NO3S/c1-8(3-4-10(13)14)5-6-11-9(12)7-15-2/h8H,3-7H2,1-2H3,(H,11,12)(H,13,14). The highest BCUT2D eigenvalue weighted by Crippen LogP contribution is 2.09. The quantitative estimate of drug-likeness (QED) is 0.664. The van der Waals surface area contributed by atoms with Crippen LogP contribution in [0.2, 0.25) is 0 Å². The first-order valence-electron chi connectivity index (χ1n) is 5.03. The average molecular weight is 233 g/mol. The van der Waals surface area contributed by atoms with Crippen LogP contribution in [0.5, 0.6) is 0 Å². The van der Waals surface area contributed by atoms with Crippen LogP contribution < -0.4 is 5.32 Å². The molecule has 0 rings (SSSR count). The molecule has 4 nitrogen and oxygen atoms in total.